The van der Waals surface area contributed by atoms with Crippen molar-refractivity contribution in [1.29, 1.82) is 5.26 Å². The first-order valence-electron chi connectivity index (χ1n) is 6.34. The van der Waals surface area contributed by atoms with Crippen LogP contribution in [0.2, 0.25) is 5.02 Å². The van der Waals surface area contributed by atoms with Crippen molar-refractivity contribution in [1.82, 2.24) is 4.90 Å². The summed E-state index contributed by atoms with van der Waals surface area (Å²) in [6.45, 7) is 5.30. The second kappa shape index (κ2) is 6.47. The maximum atomic E-state index is 9.06. The summed E-state index contributed by atoms with van der Waals surface area (Å²) in [5.41, 5.74) is 2.99. The summed E-state index contributed by atoms with van der Waals surface area (Å²) in [6, 6.07) is 7.41. The molecule has 4 nitrogen and oxygen atoms in total. The van der Waals surface area contributed by atoms with Gasteiger partial charge in [0.1, 0.15) is 6.07 Å². The summed E-state index contributed by atoms with van der Waals surface area (Å²) in [7, 11) is 0. The fourth-order valence-electron chi connectivity index (χ4n) is 2.06. The highest BCUT2D eigenvalue weighted by Crippen LogP contribution is 2.27. The molecule has 1 aliphatic rings. The number of benzene rings is 1. The highest BCUT2D eigenvalue weighted by molar-refractivity contribution is 6.34. The standard InChI is InChI=1S/C15H16ClN3O/c1-11(10-20)19-7-5-13(6-8-19)18-14-4-2-3-12(9-17)15(14)16/h2-5,18,20H,1,6-8,10H2. The first-order chi connectivity index (χ1) is 9.65. The van der Waals surface area contributed by atoms with Gasteiger partial charge in [-0.3, -0.25) is 0 Å². The van der Waals surface area contributed by atoms with Crippen LogP contribution in [-0.2, 0) is 0 Å². The van der Waals surface area contributed by atoms with Crippen LogP contribution >= 0.6 is 11.6 Å². The van der Waals surface area contributed by atoms with E-state index in [-0.39, 0.29) is 6.61 Å². The lowest BCUT2D eigenvalue weighted by molar-refractivity contribution is 0.261. The predicted octanol–water partition coefficient (Wildman–Crippen LogP) is 2.72. The van der Waals surface area contributed by atoms with E-state index in [4.69, 9.17) is 22.0 Å². The Balaban J connectivity index is 2.08. The van der Waals surface area contributed by atoms with Gasteiger partial charge in [0.05, 0.1) is 22.9 Å². The molecule has 0 radical (unpaired) electrons. The fourth-order valence-corrected chi connectivity index (χ4v) is 2.27. The van der Waals surface area contributed by atoms with Gasteiger partial charge in [-0.2, -0.15) is 5.26 Å². The lowest BCUT2D eigenvalue weighted by Gasteiger charge is -2.29. The van der Waals surface area contributed by atoms with Gasteiger partial charge in [0.15, 0.2) is 0 Å². The maximum absolute atomic E-state index is 9.06. The highest BCUT2D eigenvalue weighted by atomic mass is 35.5. The monoisotopic (exact) mass is 289 g/mol. The zero-order chi connectivity index (χ0) is 14.5. The third-order valence-corrected chi connectivity index (χ3v) is 3.66. The molecule has 5 heteroatoms. The van der Waals surface area contributed by atoms with E-state index in [1.54, 1.807) is 12.1 Å². The SMILES string of the molecule is C=C(CO)N1CC=C(Nc2cccc(C#N)c2Cl)CC1. The van der Waals surface area contributed by atoms with E-state index in [1.807, 2.05) is 17.0 Å². The molecule has 0 aromatic heterocycles. The lowest BCUT2D eigenvalue weighted by Crippen LogP contribution is -2.30. The quantitative estimate of drug-likeness (QED) is 0.895. The van der Waals surface area contributed by atoms with Gasteiger partial charge in [-0.1, -0.05) is 24.2 Å². The number of hydrogen-bond donors (Lipinski definition) is 2. The molecule has 0 aliphatic carbocycles. The third kappa shape index (κ3) is 3.13. The summed E-state index contributed by atoms with van der Waals surface area (Å²) in [5.74, 6) is 0. The normalized spacial score (nSPS) is 14.4. The Labute approximate surface area is 123 Å². The Hall–Kier alpha value is -1.96. The Morgan fingerprint density at radius 2 is 2.35 bits per heavy atom. The van der Waals surface area contributed by atoms with Gasteiger partial charge in [0.25, 0.3) is 0 Å². The van der Waals surface area contributed by atoms with Crippen LogP contribution < -0.4 is 5.32 Å². The Kier molecular flexibility index (Phi) is 4.67. The van der Waals surface area contributed by atoms with E-state index in [0.717, 1.165) is 30.0 Å². The van der Waals surface area contributed by atoms with Crippen LogP contribution in [0.4, 0.5) is 5.69 Å². The molecule has 1 aliphatic heterocycles. The topological polar surface area (TPSA) is 59.3 Å². The van der Waals surface area contributed by atoms with E-state index >= 15 is 0 Å². The Bertz CT molecular complexity index is 589. The lowest BCUT2D eigenvalue weighted by atomic mass is 10.1. The number of hydrogen-bond acceptors (Lipinski definition) is 4. The van der Waals surface area contributed by atoms with Crippen LogP contribution in [0.15, 0.2) is 42.2 Å². The van der Waals surface area contributed by atoms with Crippen LogP contribution in [0.3, 0.4) is 0 Å². The van der Waals surface area contributed by atoms with Crippen molar-refractivity contribution in [3.05, 3.63) is 52.8 Å². The summed E-state index contributed by atoms with van der Waals surface area (Å²) in [4.78, 5) is 2.03. The van der Waals surface area contributed by atoms with Gasteiger partial charge in [-0.15, -0.1) is 0 Å². The molecule has 0 saturated carbocycles. The number of rotatable bonds is 4. The van der Waals surface area contributed by atoms with Crippen molar-refractivity contribution in [2.45, 2.75) is 6.42 Å². The minimum absolute atomic E-state index is 0.0212. The molecule has 20 heavy (non-hydrogen) atoms. The Morgan fingerprint density at radius 1 is 1.55 bits per heavy atom. The van der Waals surface area contributed by atoms with Crippen LogP contribution in [0.5, 0.6) is 0 Å². The van der Waals surface area contributed by atoms with E-state index in [1.165, 1.54) is 0 Å². The van der Waals surface area contributed by atoms with Crippen molar-refractivity contribution < 1.29 is 5.11 Å². The summed E-state index contributed by atoms with van der Waals surface area (Å²) in [5, 5.41) is 21.7. The molecule has 0 atom stereocenters. The second-order valence-electron chi connectivity index (χ2n) is 4.55. The van der Waals surface area contributed by atoms with Crippen molar-refractivity contribution in [2.75, 3.05) is 25.0 Å². The van der Waals surface area contributed by atoms with E-state index < -0.39 is 0 Å². The van der Waals surface area contributed by atoms with E-state index in [9.17, 15) is 0 Å². The maximum Gasteiger partial charge on any atom is 0.101 e. The summed E-state index contributed by atoms with van der Waals surface area (Å²) in [6.07, 6.45) is 2.85. The van der Waals surface area contributed by atoms with Crippen molar-refractivity contribution in [3.8, 4) is 6.07 Å². The molecule has 2 rings (SSSR count). The first-order valence-corrected chi connectivity index (χ1v) is 6.71. The molecule has 2 N–H and O–H groups in total. The van der Waals surface area contributed by atoms with Gasteiger partial charge >= 0.3 is 0 Å². The zero-order valence-corrected chi connectivity index (χ0v) is 11.8. The number of aliphatic hydroxyl groups excluding tert-OH is 1. The molecule has 0 bridgehead atoms. The number of aliphatic hydroxyl groups is 1. The number of nitriles is 1. The number of nitrogens with one attached hydrogen (secondary N) is 1. The van der Waals surface area contributed by atoms with Gasteiger partial charge in [0.2, 0.25) is 0 Å². The largest absolute Gasteiger partial charge is 0.390 e. The number of anilines is 1. The highest BCUT2D eigenvalue weighted by Gasteiger charge is 2.14. The fraction of sp³-hybridized carbons (Fsp3) is 0.267. The number of nitrogens with zero attached hydrogens (tertiary/aromatic N) is 2. The predicted molar refractivity (Wildman–Crippen MR) is 80.3 cm³/mol. The smallest absolute Gasteiger partial charge is 0.101 e. The van der Waals surface area contributed by atoms with Gasteiger partial charge in [0, 0.05) is 30.9 Å². The van der Waals surface area contributed by atoms with Crippen LogP contribution in [0, 0.1) is 11.3 Å². The van der Waals surface area contributed by atoms with Crippen LogP contribution in [-0.4, -0.2) is 29.7 Å². The summed E-state index contributed by atoms with van der Waals surface area (Å²) >= 11 is 6.16. The molecule has 0 fully saturated rings. The molecule has 0 unspecified atom stereocenters. The van der Waals surface area contributed by atoms with Gasteiger partial charge in [-0.25, -0.2) is 0 Å². The van der Waals surface area contributed by atoms with Crippen LogP contribution in [0.1, 0.15) is 12.0 Å². The Morgan fingerprint density at radius 3 is 2.95 bits per heavy atom. The summed E-state index contributed by atoms with van der Waals surface area (Å²) < 4.78 is 0. The minimum Gasteiger partial charge on any atom is -0.390 e. The molecule has 104 valence electrons. The minimum atomic E-state index is -0.0212. The van der Waals surface area contributed by atoms with Crippen molar-refractivity contribution >= 4 is 17.3 Å². The molecule has 0 spiro atoms. The molecular formula is C15H16ClN3O. The average molecular weight is 290 g/mol. The first kappa shape index (κ1) is 14.4. The molecule has 1 aromatic carbocycles. The average Bonchev–Trinajstić information content (AvgIpc) is 2.49. The van der Waals surface area contributed by atoms with Gasteiger partial charge in [-0.05, 0) is 18.2 Å². The van der Waals surface area contributed by atoms with Crippen molar-refractivity contribution in [2.24, 2.45) is 0 Å². The second-order valence-corrected chi connectivity index (χ2v) is 4.93. The number of halogens is 1. The molecule has 1 aromatic rings. The van der Waals surface area contributed by atoms with Crippen molar-refractivity contribution in [3.63, 3.8) is 0 Å². The van der Waals surface area contributed by atoms with E-state index in [2.05, 4.69) is 18.0 Å². The molecule has 0 saturated heterocycles. The van der Waals surface area contributed by atoms with Gasteiger partial charge < -0.3 is 15.3 Å². The molecule has 0 amide bonds. The third-order valence-electron chi connectivity index (χ3n) is 3.25. The zero-order valence-electron chi connectivity index (χ0n) is 11.1. The molecule has 1 heterocycles. The van der Waals surface area contributed by atoms with E-state index in [0.29, 0.717) is 17.1 Å². The van der Waals surface area contributed by atoms with Crippen LogP contribution in [0.25, 0.3) is 0 Å². The molecular weight excluding hydrogens is 274 g/mol.